The summed E-state index contributed by atoms with van der Waals surface area (Å²) in [5.41, 5.74) is 0.909. The van der Waals surface area contributed by atoms with Gasteiger partial charge in [0.15, 0.2) is 5.16 Å². The third-order valence-electron chi connectivity index (χ3n) is 5.31. The minimum atomic E-state index is -0.144. The van der Waals surface area contributed by atoms with E-state index in [1.807, 2.05) is 24.3 Å². The van der Waals surface area contributed by atoms with Crippen LogP contribution < -0.4 is 15.0 Å². The van der Waals surface area contributed by atoms with Gasteiger partial charge in [0.2, 0.25) is 11.9 Å². The molecule has 0 aliphatic carbocycles. The SMILES string of the molecule is COc1ccccc1-n1c(SC2CCCCNC2=O)nnc1N1CCCCC1. The number of nitrogens with one attached hydrogen (secondary N) is 1. The number of rotatable bonds is 5. The fraction of sp³-hybridized carbons (Fsp3) is 0.550. The van der Waals surface area contributed by atoms with Gasteiger partial charge in [0.25, 0.3) is 0 Å². The predicted molar refractivity (Wildman–Crippen MR) is 110 cm³/mol. The minimum absolute atomic E-state index is 0.0941. The molecular formula is C20H27N5O2S. The van der Waals surface area contributed by atoms with Crippen molar-refractivity contribution in [1.82, 2.24) is 20.1 Å². The lowest BCUT2D eigenvalue weighted by Crippen LogP contribution is -2.32. The van der Waals surface area contributed by atoms with Crippen molar-refractivity contribution < 1.29 is 9.53 Å². The molecule has 28 heavy (non-hydrogen) atoms. The maximum absolute atomic E-state index is 12.5. The third-order valence-corrected chi connectivity index (χ3v) is 6.52. The van der Waals surface area contributed by atoms with Crippen LogP contribution in [0.4, 0.5) is 5.95 Å². The first-order chi connectivity index (χ1) is 13.8. The van der Waals surface area contributed by atoms with Crippen LogP contribution in [0.5, 0.6) is 5.75 Å². The Morgan fingerprint density at radius 3 is 2.75 bits per heavy atom. The molecule has 1 atom stereocenters. The molecule has 2 fully saturated rings. The number of hydrogen-bond acceptors (Lipinski definition) is 6. The summed E-state index contributed by atoms with van der Waals surface area (Å²) in [6, 6.07) is 7.92. The molecule has 1 unspecified atom stereocenters. The zero-order chi connectivity index (χ0) is 19.3. The molecule has 8 heteroatoms. The van der Waals surface area contributed by atoms with Gasteiger partial charge in [-0.3, -0.25) is 9.36 Å². The van der Waals surface area contributed by atoms with Gasteiger partial charge < -0.3 is 15.0 Å². The summed E-state index contributed by atoms with van der Waals surface area (Å²) in [6.45, 7) is 2.71. The average Bonchev–Trinajstić information content (AvgIpc) is 3.05. The summed E-state index contributed by atoms with van der Waals surface area (Å²) >= 11 is 1.51. The van der Waals surface area contributed by atoms with Gasteiger partial charge in [0.1, 0.15) is 5.75 Å². The molecule has 7 nitrogen and oxygen atoms in total. The lowest BCUT2D eigenvalue weighted by atomic mass is 10.1. The zero-order valence-electron chi connectivity index (χ0n) is 16.3. The Morgan fingerprint density at radius 1 is 1.11 bits per heavy atom. The van der Waals surface area contributed by atoms with Crippen LogP contribution in [0.25, 0.3) is 5.69 Å². The number of thioether (sulfide) groups is 1. The molecule has 0 spiro atoms. The Labute approximate surface area is 169 Å². The number of carbonyl (C=O) groups is 1. The van der Waals surface area contributed by atoms with Crippen molar-refractivity contribution in [2.45, 2.75) is 48.9 Å². The second-order valence-corrected chi connectivity index (χ2v) is 8.40. The highest BCUT2D eigenvalue weighted by Crippen LogP contribution is 2.35. The monoisotopic (exact) mass is 401 g/mol. The number of piperidine rings is 1. The molecule has 2 saturated heterocycles. The number of ether oxygens (including phenoxy) is 1. The predicted octanol–water partition coefficient (Wildman–Crippen LogP) is 3.03. The van der Waals surface area contributed by atoms with E-state index in [0.717, 1.165) is 74.3 Å². The second-order valence-electron chi connectivity index (χ2n) is 7.23. The summed E-state index contributed by atoms with van der Waals surface area (Å²) in [5, 5.41) is 12.7. The quantitative estimate of drug-likeness (QED) is 0.830. The number of amides is 1. The molecule has 1 aromatic carbocycles. The van der Waals surface area contributed by atoms with E-state index in [-0.39, 0.29) is 11.2 Å². The summed E-state index contributed by atoms with van der Waals surface area (Å²) in [7, 11) is 1.68. The average molecular weight is 402 g/mol. The smallest absolute Gasteiger partial charge is 0.233 e. The Bertz CT molecular complexity index is 819. The molecule has 2 aliphatic rings. The van der Waals surface area contributed by atoms with Crippen LogP contribution in [0.2, 0.25) is 0 Å². The normalized spacial score (nSPS) is 20.5. The van der Waals surface area contributed by atoms with E-state index >= 15 is 0 Å². The van der Waals surface area contributed by atoms with Crippen molar-refractivity contribution in [2.24, 2.45) is 0 Å². The summed E-state index contributed by atoms with van der Waals surface area (Å²) in [4.78, 5) is 14.8. The van der Waals surface area contributed by atoms with E-state index in [0.29, 0.717) is 0 Å². The number of para-hydroxylation sites is 2. The first-order valence-corrected chi connectivity index (χ1v) is 10.9. The standard InChI is InChI=1S/C20H27N5O2S/c1-27-16-10-4-3-9-15(16)25-19(24-13-7-2-8-14-24)22-23-20(25)28-17-11-5-6-12-21-18(17)26/h3-4,9-10,17H,2,5-8,11-14H2,1H3,(H,21,26). The van der Waals surface area contributed by atoms with E-state index < -0.39 is 0 Å². The highest BCUT2D eigenvalue weighted by Gasteiger charge is 2.28. The third kappa shape index (κ3) is 3.97. The van der Waals surface area contributed by atoms with Crippen LogP contribution >= 0.6 is 11.8 Å². The number of hydrogen-bond donors (Lipinski definition) is 1. The Hall–Kier alpha value is -2.22. The van der Waals surface area contributed by atoms with E-state index in [1.54, 1.807) is 7.11 Å². The number of aromatic nitrogens is 3. The van der Waals surface area contributed by atoms with E-state index in [1.165, 1.54) is 18.2 Å². The molecule has 4 rings (SSSR count). The maximum Gasteiger partial charge on any atom is 0.233 e. The molecule has 1 amide bonds. The summed E-state index contributed by atoms with van der Waals surface area (Å²) in [5.74, 6) is 1.70. The fourth-order valence-corrected chi connectivity index (χ4v) is 4.92. The maximum atomic E-state index is 12.5. The first kappa shape index (κ1) is 19.1. The minimum Gasteiger partial charge on any atom is -0.495 e. The zero-order valence-corrected chi connectivity index (χ0v) is 17.1. The van der Waals surface area contributed by atoms with Gasteiger partial charge >= 0.3 is 0 Å². The van der Waals surface area contributed by atoms with Crippen LogP contribution in [-0.4, -0.2) is 52.7 Å². The molecule has 2 aliphatic heterocycles. The Kier molecular flexibility index (Phi) is 6.04. The van der Waals surface area contributed by atoms with Crippen molar-refractivity contribution in [3.63, 3.8) is 0 Å². The van der Waals surface area contributed by atoms with Crippen LogP contribution in [-0.2, 0) is 4.79 Å². The van der Waals surface area contributed by atoms with E-state index in [4.69, 9.17) is 4.74 Å². The summed E-state index contributed by atoms with van der Waals surface area (Å²) < 4.78 is 7.68. The van der Waals surface area contributed by atoms with Gasteiger partial charge in [-0.2, -0.15) is 0 Å². The molecule has 0 bridgehead atoms. The second kappa shape index (κ2) is 8.86. The van der Waals surface area contributed by atoms with Crippen LogP contribution in [0, 0.1) is 0 Å². The largest absolute Gasteiger partial charge is 0.495 e. The van der Waals surface area contributed by atoms with Crippen LogP contribution in [0.1, 0.15) is 38.5 Å². The molecule has 1 aromatic heterocycles. The van der Waals surface area contributed by atoms with Crippen molar-refractivity contribution in [3.05, 3.63) is 24.3 Å². The van der Waals surface area contributed by atoms with Gasteiger partial charge in [0.05, 0.1) is 18.0 Å². The Balaban J connectivity index is 1.73. The van der Waals surface area contributed by atoms with Crippen LogP contribution in [0.15, 0.2) is 29.4 Å². The number of nitrogens with zero attached hydrogens (tertiary/aromatic N) is 4. The van der Waals surface area contributed by atoms with Gasteiger partial charge in [-0.1, -0.05) is 30.3 Å². The number of benzene rings is 1. The topological polar surface area (TPSA) is 72.3 Å². The van der Waals surface area contributed by atoms with Crippen molar-refractivity contribution in [1.29, 1.82) is 0 Å². The van der Waals surface area contributed by atoms with E-state index in [9.17, 15) is 4.79 Å². The van der Waals surface area contributed by atoms with Crippen molar-refractivity contribution in [2.75, 3.05) is 31.6 Å². The Morgan fingerprint density at radius 2 is 1.93 bits per heavy atom. The van der Waals surface area contributed by atoms with Gasteiger partial charge in [-0.15, -0.1) is 10.2 Å². The highest BCUT2D eigenvalue weighted by atomic mass is 32.2. The number of carbonyl (C=O) groups excluding carboxylic acids is 1. The lowest BCUT2D eigenvalue weighted by Gasteiger charge is -2.28. The molecule has 0 radical (unpaired) electrons. The van der Waals surface area contributed by atoms with Crippen LogP contribution in [0.3, 0.4) is 0 Å². The number of anilines is 1. The van der Waals surface area contributed by atoms with Gasteiger partial charge in [-0.05, 0) is 44.2 Å². The molecule has 3 heterocycles. The van der Waals surface area contributed by atoms with Gasteiger partial charge in [0, 0.05) is 19.6 Å². The van der Waals surface area contributed by atoms with Gasteiger partial charge in [-0.25, -0.2) is 0 Å². The molecule has 1 N–H and O–H groups in total. The molecule has 0 saturated carbocycles. The molecular weight excluding hydrogens is 374 g/mol. The fourth-order valence-electron chi connectivity index (χ4n) is 3.81. The van der Waals surface area contributed by atoms with Crippen molar-refractivity contribution in [3.8, 4) is 11.4 Å². The summed E-state index contributed by atoms with van der Waals surface area (Å²) in [6.07, 6.45) is 6.50. The molecule has 2 aromatic rings. The lowest BCUT2D eigenvalue weighted by molar-refractivity contribution is -0.120. The molecule has 150 valence electrons. The number of methoxy groups -OCH3 is 1. The first-order valence-electron chi connectivity index (χ1n) is 10.1. The van der Waals surface area contributed by atoms with E-state index in [2.05, 4.69) is 25.0 Å². The highest BCUT2D eigenvalue weighted by molar-refractivity contribution is 8.00. The van der Waals surface area contributed by atoms with Crippen molar-refractivity contribution >= 4 is 23.6 Å².